The highest BCUT2D eigenvalue weighted by molar-refractivity contribution is 6.31. The van der Waals surface area contributed by atoms with Gasteiger partial charge in [-0.3, -0.25) is 5.32 Å². The Labute approximate surface area is 205 Å². The normalized spacial score (nSPS) is 11.5. The fourth-order valence-electron chi connectivity index (χ4n) is 3.08. The number of hydrogen-bond acceptors (Lipinski definition) is 6. The SMILES string of the molecule is CCCC[C@@H](COC(=O)Nc1cc(-c2cccc(F)c2)no1)OC(=O)NCc1cccc(F)c1Cl. The van der Waals surface area contributed by atoms with Crippen LogP contribution in [0.4, 0.5) is 24.3 Å². The zero-order valence-corrected chi connectivity index (χ0v) is 19.6. The molecule has 0 fully saturated rings. The number of carbonyl (C=O) groups excluding carboxylic acids is 2. The number of hydrogen-bond donors (Lipinski definition) is 2. The summed E-state index contributed by atoms with van der Waals surface area (Å²) in [4.78, 5) is 24.4. The van der Waals surface area contributed by atoms with Gasteiger partial charge in [0.05, 0.1) is 5.02 Å². The van der Waals surface area contributed by atoms with Gasteiger partial charge >= 0.3 is 12.2 Å². The third-order valence-corrected chi connectivity index (χ3v) is 5.29. The van der Waals surface area contributed by atoms with Gasteiger partial charge in [0.2, 0.25) is 5.88 Å². The van der Waals surface area contributed by atoms with E-state index in [1.165, 1.54) is 36.4 Å². The highest BCUT2D eigenvalue weighted by Crippen LogP contribution is 2.22. The molecule has 0 aliphatic rings. The maximum absolute atomic E-state index is 13.5. The minimum absolute atomic E-state index is 0.00463. The number of benzene rings is 2. The summed E-state index contributed by atoms with van der Waals surface area (Å²) in [5.74, 6) is -1.01. The topological polar surface area (TPSA) is 103 Å². The quantitative estimate of drug-likeness (QED) is 0.333. The van der Waals surface area contributed by atoms with E-state index in [1.54, 1.807) is 12.1 Å². The molecule has 0 saturated carbocycles. The first-order valence-corrected chi connectivity index (χ1v) is 11.3. The maximum atomic E-state index is 13.5. The molecule has 0 aliphatic carbocycles. The van der Waals surface area contributed by atoms with Crippen LogP contribution in [0.1, 0.15) is 31.7 Å². The van der Waals surface area contributed by atoms with Crippen LogP contribution in [-0.4, -0.2) is 30.1 Å². The van der Waals surface area contributed by atoms with Crippen molar-refractivity contribution in [3.8, 4) is 11.3 Å². The summed E-state index contributed by atoms with van der Waals surface area (Å²) in [7, 11) is 0. The number of carbonyl (C=O) groups is 2. The Morgan fingerprint density at radius 3 is 2.71 bits per heavy atom. The van der Waals surface area contributed by atoms with Gasteiger partial charge in [-0.25, -0.2) is 18.4 Å². The van der Waals surface area contributed by atoms with Gasteiger partial charge < -0.3 is 19.3 Å². The lowest BCUT2D eigenvalue weighted by atomic mass is 10.1. The lowest BCUT2D eigenvalue weighted by Gasteiger charge is -2.18. The minimum atomic E-state index is -0.844. The summed E-state index contributed by atoms with van der Waals surface area (Å²) >= 11 is 5.88. The molecule has 0 bridgehead atoms. The van der Waals surface area contributed by atoms with Crippen molar-refractivity contribution in [1.82, 2.24) is 10.5 Å². The van der Waals surface area contributed by atoms with E-state index in [0.717, 1.165) is 12.8 Å². The van der Waals surface area contributed by atoms with Crippen LogP contribution in [0.15, 0.2) is 53.1 Å². The first kappa shape index (κ1) is 26.0. The Morgan fingerprint density at radius 2 is 1.94 bits per heavy atom. The zero-order valence-electron chi connectivity index (χ0n) is 18.9. The Balaban J connectivity index is 1.49. The molecule has 0 radical (unpaired) electrons. The summed E-state index contributed by atoms with van der Waals surface area (Å²) in [5, 5.41) is 8.59. The summed E-state index contributed by atoms with van der Waals surface area (Å²) in [6.07, 6.45) is -0.273. The fourth-order valence-corrected chi connectivity index (χ4v) is 3.27. The number of amides is 2. The van der Waals surface area contributed by atoms with Crippen LogP contribution in [-0.2, 0) is 16.0 Å². The van der Waals surface area contributed by atoms with Crippen molar-refractivity contribution in [2.75, 3.05) is 11.9 Å². The second-order valence-electron chi connectivity index (χ2n) is 7.55. The van der Waals surface area contributed by atoms with Gasteiger partial charge in [-0.15, -0.1) is 0 Å². The number of ether oxygens (including phenoxy) is 2. The number of rotatable bonds is 10. The van der Waals surface area contributed by atoms with E-state index in [0.29, 0.717) is 23.2 Å². The molecule has 0 unspecified atom stereocenters. The first-order chi connectivity index (χ1) is 16.9. The predicted octanol–water partition coefficient (Wildman–Crippen LogP) is 6.31. The van der Waals surface area contributed by atoms with Gasteiger partial charge in [-0.05, 0) is 36.6 Å². The summed E-state index contributed by atoms with van der Waals surface area (Å²) in [6.45, 7) is 1.73. The van der Waals surface area contributed by atoms with Gasteiger partial charge in [0, 0.05) is 18.2 Å². The van der Waals surface area contributed by atoms with Gasteiger partial charge in [0.15, 0.2) is 0 Å². The highest BCUT2D eigenvalue weighted by Gasteiger charge is 2.18. The molecule has 1 heterocycles. The van der Waals surface area contributed by atoms with Crippen molar-refractivity contribution in [2.24, 2.45) is 0 Å². The Morgan fingerprint density at radius 1 is 1.14 bits per heavy atom. The molecule has 8 nitrogen and oxygen atoms in total. The average Bonchev–Trinajstić information content (AvgIpc) is 3.30. The molecule has 0 saturated heterocycles. The molecule has 1 atom stereocenters. The largest absolute Gasteiger partial charge is 0.445 e. The van der Waals surface area contributed by atoms with E-state index in [4.69, 9.17) is 25.6 Å². The Bertz CT molecular complexity index is 1160. The number of unbranched alkanes of at least 4 members (excludes halogenated alkanes) is 1. The molecule has 2 amide bonds. The van der Waals surface area contributed by atoms with Gasteiger partial charge in [-0.2, -0.15) is 0 Å². The van der Waals surface area contributed by atoms with Gasteiger partial charge in [0.25, 0.3) is 0 Å². The molecule has 2 N–H and O–H groups in total. The van der Waals surface area contributed by atoms with Crippen molar-refractivity contribution in [3.63, 3.8) is 0 Å². The van der Waals surface area contributed by atoms with Crippen LogP contribution in [0.3, 0.4) is 0 Å². The monoisotopic (exact) mass is 507 g/mol. The molecule has 3 rings (SSSR count). The molecular formula is C24H24ClF2N3O5. The van der Waals surface area contributed by atoms with E-state index in [2.05, 4.69) is 15.8 Å². The molecule has 0 spiro atoms. The van der Waals surface area contributed by atoms with Crippen LogP contribution in [0, 0.1) is 11.6 Å². The number of aromatic nitrogens is 1. The maximum Gasteiger partial charge on any atom is 0.414 e. The predicted molar refractivity (Wildman–Crippen MR) is 125 cm³/mol. The molecular weight excluding hydrogens is 484 g/mol. The van der Waals surface area contributed by atoms with Gasteiger partial charge in [0.1, 0.15) is 30.0 Å². The lowest BCUT2D eigenvalue weighted by molar-refractivity contribution is 0.0425. The van der Waals surface area contributed by atoms with E-state index >= 15 is 0 Å². The van der Waals surface area contributed by atoms with Crippen molar-refractivity contribution in [2.45, 2.75) is 38.8 Å². The molecule has 0 aliphatic heterocycles. The number of nitrogens with one attached hydrogen (secondary N) is 2. The Kier molecular flexibility index (Phi) is 9.42. The van der Waals surface area contributed by atoms with E-state index in [-0.39, 0.29) is 24.1 Å². The number of alkyl carbamates (subject to hydrolysis) is 1. The second-order valence-corrected chi connectivity index (χ2v) is 7.92. The summed E-state index contributed by atoms with van der Waals surface area (Å²) < 4.78 is 42.5. The molecule has 186 valence electrons. The van der Waals surface area contributed by atoms with E-state index < -0.39 is 29.9 Å². The number of nitrogens with zero attached hydrogens (tertiary/aromatic N) is 1. The average molecular weight is 508 g/mol. The third kappa shape index (κ3) is 7.96. The van der Waals surface area contributed by atoms with Crippen molar-refractivity contribution in [1.29, 1.82) is 0 Å². The smallest absolute Gasteiger partial charge is 0.414 e. The standard InChI is InChI=1S/C24H24ClF2N3O5/c1-2-3-9-18(34-23(31)28-13-16-7-5-10-19(27)22(16)25)14-33-24(32)29-21-12-20(30-35-21)15-6-4-8-17(26)11-15/h4-8,10-12,18H,2-3,9,13-14H2,1H3,(H,28,31)(H,29,32)/t18-/m0/s1. The third-order valence-electron chi connectivity index (χ3n) is 4.86. The van der Waals surface area contributed by atoms with Crippen molar-refractivity contribution < 1.29 is 32.4 Å². The van der Waals surface area contributed by atoms with E-state index in [1.807, 2.05) is 6.92 Å². The summed E-state index contributed by atoms with van der Waals surface area (Å²) in [5.41, 5.74) is 1.21. The van der Waals surface area contributed by atoms with Crippen LogP contribution >= 0.6 is 11.6 Å². The molecule has 11 heteroatoms. The first-order valence-electron chi connectivity index (χ1n) is 10.9. The van der Waals surface area contributed by atoms with Crippen LogP contribution in [0.2, 0.25) is 5.02 Å². The van der Waals surface area contributed by atoms with Crippen LogP contribution in [0.25, 0.3) is 11.3 Å². The van der Waals surface area contributed by atoms with E-state index in [9.17, 15) is 18.4 Å². The second kappa shape index (κ2) is 12.7. The molecule has 2 aromatic carbocycles. The summed E-state index contributed by atoms with van der Waals surface area (Å²) in [6, 6.07) is 11.5. The van der Waals surface area contributed by atoms with Gasteiger partial charge in [-0.1, -0.05) is 54.4 Å². The van der Waals surface area contributed by atoms with Crippen LogP contribution in [0.5, 0.6) is 0 Å². The van der Waals surface area contributed by atoms with Crippen LogP contribution < -0.4 is 10.6 Å². The fraction of sp³-hybridized carbons (Fsp3) is 0.292. The van der Waals surface area contributed by atoms with Crippen molar-refractivity contribution >= 4 is 29.7 Å². The Hall–Kier alpha value is -3.66. The molecule has 35 heavy (non-hydrogen) atoms. The number of halogens is 3. The van der Waals surface area contributed by atoms with Crippen molar-refractivity contribution in [3.05, 3.63) is 70.8 Å². The molecule has 3 aromatic rings. The number of anilines is 1. The minimum Gasteiger partial charge on any atom is -0.445 e. The molecule has 1 aromatic heterocycles. The lowest BCUT2D eigenvalue weighted by Crippen LogP contribution is -2.32. The zero-order chi connectivity index (χ0) is 25.2. The highest BCUT2D eigenvalue weighted by atomic mass is 35.5.